The third-order valence-electron chi connectivity index (χ3n) is 4.61. The fraction of sp³-hybridized carbons (Fsp3) is 0.120. The standard InChI is InChI=1S/C25H22O4/c1-17-4-6-19(7-5-17)24(26)16-23(18-8-12-21(28-2)13-9-18)25(27)20-10-14-22(29-3)15-11-20/h4-16H,1-3H3. The van der Waals surface area contributed by atoms with Gasteiger partial charge in [-0.3, -0.25) is 9.59 Å². The van der Waals surface area contributed by atoms with E-state index >= 15 is 0 Å². The Balaban J connectivity index is 2.03. The molecule has 0 heterocycles. The topological polar surface area (TPSA) is 52.6 Å². The van der Waals surface area contributed by atoms with Gasteiger partial charge in [0.15, 0.2) is 11.6 Å². The summed E-state index contributed by atoms with van der Waals surface area (Å²) in [5.41, 5.74) is 3.04. The molecular weight excluding hydrogens is 364 g/mol. The van der Waals surface area contributed by atoms with Gasteiger partial charge in [0.05, 0.1) is 14.2 Å². The first-order valence-electron chi connectivity index (χ1n) is 9.17. The molecule has 0 N–H and O–H groups in total. The normalized spacial score (nSPS) is 11.1. The molecule has 0 spiro atoms. The van der Waals surface area contributed by atoms with Gasteiger partial charge in [-0.1, -0.05) is 42.0 Å². The summed E-state index contributed by atoms with van der Waals surface area (Å²) >= 11 is 0. The fourth-order valence-corrected chi connectivity index (χ4v) is 2.88. The first kappa shape index (κ1) is 20.1. The molecule has 0 amide bonds. The highest BCUT2D eigenvalue weighted by Gasteiger charge is 2.17. The molecular formula is C25H22O4. The lowest BCUT2D eigenvalue weighted by Gasteiger charge is -2.09. The summed E-state index contributed by atoms with van der Waals surface area (Å²) < 4.78 is 10.4. The first-order chi connectivity index (χ1) is 14.0. The molecule has 0 bridgehead atoms. The van der Waals surface area contributed by atoms with Crippen LogP contribution in [0.3, 0.4) is 0 Å². The molecule has 0 aliphatic rings. The maximum Gasteiger partial charge on any atom is 0.193 e. The number of Topliss-reactive ketones (excluding diaryl/α,β-unsaturated/α-hetero) is 1. The van der Waals surface area contributed by atoms with Gasteiger partial charge < -0.3 is 9.47 Å². The first-order valence-corrected chi connectivity index (χ1v) is 9.17. The zero-order valence-corrected chi connectivity index (χ0v) is 16.6. The highest BCUT2D eigenvalue weighted by molar-refractivity contribution is 6.32. The second kappa shape index (κ2) is 9.02. The SMILES string of the molecule is COc1ccc(C(=O)C(=CC(=O)c2ccc(C)cc2)c2ccc(OC)cc2)cc1. The van der Waals surface area contributed by atoms with Crippen molar-refractivity contribution in [3.63, 3.8) is 0 Å². The summed E-state index contributed by atoms with van der Waals surface area (Å²) in [7, 11) is 3.15. The maximum atomic E-state index is 13.2. The van der Waals surface area contributed by atoms with Gasteiger partial charge in [0.2, 0.25) is 0 Å². The molecule has 0 aliphatic heterocycles. The van der Waals surface area contributed by atoms with Gasteiger partial charge >= 0.3 is 0 Å². The van der Waals surface area contributed by atoms with Gasteiger partial charge in [0.25, 0.3) is 0 Å². The largest absolute Gasteiger partial charge is 0.497 e. The van der Waals surface area contributed by atoms with Crippen molar-refractivity contribution in [1.82, 2.24) is 0 Å². The van der Waals surface area contributed by atoms with Crippen molar-refractivity contribution < 1.29 is 19.1 Å². The van der Waals surface area contributed by atoms with E-state index in [9.17, 15) is 9.59 Å². The number of rotatable bonds is 7. The Hall–Kier alpha value is -3.66. The van der Waals surface area contributed by atoms with E-state index in [1.54, 1.807) is 74.9 Å². The Morgan fingerprint density at radius 1 is 0.655 bits per heavy atom. The van der Waals surface area contributed by atoms with Crippen molar-refractivity contribution in [2.75, 3.05) is 14.2 Å². The molecule has 0 fully saturated rings. The number of carbonyl (C=O) groups is 2. The van der Waals surface area contributed by atoms with Crippen LogP contribution in [0.1, 0.15) is 31.8 Å². The molecule has 146 valence electrons. The van der Waals surface area contributed by atoms with Crippen LogP contribution in [0.4, 0.5) is 0 Å². The third-order valence-corrected chi connectivity index (χ3v) is 4.61. The third kappa shape index (κ3) is 4.79. The number of allylic oxidation sites excluding steroid dienone is 2. The van der Waals surface area contributed by atoms with Gasteiger partial charge in [-0.2, -0.15) is 0 Å². The average Bonchev–Trinajstić information content (AvgIpc) is 2.77. The summed E-state index contributed by atoms with van der Waals surface area (Å²) in [6, 6.07) is 21.2. The zero-order valence-electron chi connectivity index (χ0n) is 16.6. The molecule has 0 saturated heterocycles. The van der Waals surface area contributed by atoms with Crippen molar-refractivity contribution in [3.8, 4) is 11.5 Å². The number of methoxy groups -OCH3 is 2. The summed E-state index contributed by atoms with van der Waals surface area (Å²) in [6.45, 7) is 1.96. The molecule has 4 nitrogen and oxygen atoms in total. The van der Waals surface area contributed by atoms with Crippen LogP contribution in [0.15, 0.2) is 78.9 Å². The Labute approximate surface area is 170 Å². The average molecular weight is 386 g/mol. The Bertz CT molecular complexity index is 1030. The van der Waals surface area contributed by atoms with Crippen molar-refractivity contribution in [2.24, 2.45) is 0 Å². The monoisotopic (exact) mass is 386 g/mol. The molecule has 0 saturated carbocycles. The zero-order chi connectivity index (χ0) is 20.8. The predicted octanol–water partition coefficient (Wildman–Crippen LogP) is 5.16. The van der Waals surface area contributed by atoms with Crippen LogP contribution in [0.5, 0.6) is 11.5 Å². The van der Waals surface area contributed by atoms with E-state index < -0.39 is 0 Å². The van der Waals surface area contributed by atoms with E-state index in [2.05, 4.69) is 0 Å². The van der Waals surface area contributed by atoms with Crippen LogP contribution >= 0.6 is 0 Å². The number of aryl methyl sites for hydroxylation is 1. The Kier molecular flexibility index (Phi) is 6.25. The minimum absolute atomic E-state index is 0.224. The van der Waals surface area contributed by atoms with Crippen molar-refractivity contribution in [1.29, 1.82) is 0 Å². The van der Waals surface area contributed by atoms with Crippen LogP contribution < -0.4 is 9.47 Å². The number of carbonyl (C=O) groups excluding carboxylic acids is 2. The summed E-state index contributed by atoms with van der Waals surface area (Å²) in [4.78, 5) is 26.1. The minimum Gasteiger partial charge on any atom is -0.497 e. The van der Waals surface area contributed by atoms with Gasteiger partial charge in [-0.05, 0) is 55.0 Å². The number of hydrogen-bond donors (Lipinski definition) is 0. The molecule has 4 heteroatoms. The quantitative estimate of drug-likeness (QED) is 0.416. The minimum atomic E-state index is -0.238. The molecule has 0 radical (unpaired) electrons. The number of benzene rings is 3. The maximum absolute atomic E-state index is 13.2. The Morgan fingerprint density at radius 2 is 1.10 bits per heavy atom. The molecule has 0 atom stereocenters. The molecule has 0 aromatic heterocycles. The molecule has 3 aromatic rings. The van der Waals surface area contributed by atoms with Gasteiger partial charge in [-0.15, -0.1) is 0 Å². The van der Waals surface area contributed by atoms with E-state index in [1.807, 2.05) is 19.1 Å². The van der Waals surface area contributed by atoms with E-state index in [0.717, 1.165) is 5.56 Å². The summed E-state index contributed by atoms with van der Waals surface area (Å²) in [6.07, 6.45) is 1.40. The van der Waals surface area contributed by atoms with Crippen molar-refractivity contribution >= 4 is 17.1 Å². The van der Waals surface area contributed by atoms with E-state index in [1.165, 1.54) is 6.08 Å². The van der Waals surface area contributed by atoms with E-state index in [0.29, 0.717) is 33.8 Å². The number of ketones is 2. The van der Waals surface area contributed by atoms with Crippen molar-refractivity contribution in [2.45, 2.75) is 6.92 Å². The van der Waals surface area contributed by atoms with E-state index in [4.69, 9.17) is 9.47 Å². The van der Waals surface area contributed by atoms with Gasteiger partial charge in [-0.25, -0.2) is 0 Å². The summed E-state index contributed by atoms with van der Waals surface area (Å²) in [5.74, 6) is 0.873. The highest BCUT2D eigenvalue weighted by Crippen LogP contribution is 2.24. The van der Waals surface area contributed by atoms with Crippen LogP contribution in [0.25, 0.3) is 5.57 Å². The Morgan fingerprint density at radius 3 is 1.59 bits per heavy atom. The molecule has 0 aliphatic carbocycles. The van der Waals surface area contributed by atoms with Crippen LogP contribution in [0, 0.1) is 6.92 Å². The fourth-order valence-electron chi connectivity index (χ4n) is 2.88. The molecule has 3 rings (SSSR count). The number of hydrogen-bond acceptors (Lipinski definition) is 4. The summed E-state index contributed by atoms with van der Waals surface area (Å²) in [5, 5.41) is 0. The highest BCUT2D eigenvalue weighted by atomic mass is 16.5. The second-order valence-electron chi connectivity index (χ2n) is 6.57. The molecule has 0 unspecified atom stereocenters. The van der Waals surface area contributed by atoms with Gasteiger partial charge in [0.1, 0.15) is 11.5 Å². The number of ether oxygens (including phenoxy) is 2. The second-order valence-corrected chi connectivity index (χ2v) is 6.57. The van der Waals surface area contributed by atoms with E-state index in [-0.39, 0.29) is 11.6 Å². The van der Waals surface area contributed by atoms with Crippen LogP contribution in [-0.4, -0.2) is 25.8 Å². The van der Waals surface area contributed by atoms with Gasteiger partial charge in [0, 0.05) is 16.7 Å². The molecule has 29 heavy (non-hydrogen) atoms. The lowest BCUT2D eigenvalue weighted by atomic mass is 9.94. The van der Waals surface area contributed by atoms with Crippen LogP contribution in [0.2, 0.25) is 0 Å². The lowest BCUT2D eigenvalue weighted by molar-refractivity contribution is 0.102. The smallest absolute Gasteiger partial charge is 0.193 e. The predicted molar refractivity (Wildman–Crippen MR) is 114 cm³/mol. The molecule has 3 aromatic carbocycles. The van der Waals surface area contributed by atoms with Crippen molar-refractivity contribution in [3.05, 3.63) is 101 Å². The van der Waals surface area contributed by atoms with Crippen LogP contribution in [-0.2, 0) is 0 Å². The lowest BCUT2D eigenvalue weighted by Crippen LogP contribution is -2.06.